The van der Waals surface area contributed by atoms with E-state index in [1.165, 1.54) is 0 Å². The molecule has 0 aromatic carbocycles. The highest BCUT2D eigenvalue weighted by Gasteiger charge is 2.28. The first-order valence-corrected chi connectivity index (χ1v) is 7.66. The molecule has 116 valence electrons. The van der Waals surface area contributed by atoms with Gasteiger partial charge in [0.2, 0.25) is 0 Å². The number of likely N-dealkylation sites (tertiary alicyclic amines) is 1. The first-order valence-electron chi connectivity index (χ1n) is 7.66. The van der Waals surface area contributed by atoms with Crippen molar-refractivity contribution in [2.75, 3.05) is 13.1 Å². The molecule has 1 atom stereocenters. The lowest BCUT2D eigenvalue weighted by molar-refractivity contribution is 0.0707. The summed E-state index contributed by atoms with van der Waals surface area (Å²) in [4.78, 5) is 27.3. The Morgan fingerprint density at radius 2 is 2.22 bits per heavy atom. The lowest BCUT2D eigenvalue weighted by atomic mass is 9.94. The van der Waals surface area contributed by atoms with E-state index in [9.17, 15) is 4.79 Å². The van der Waals surface area contributed by atoms with E-state index in [1.807, 2.05) is 11.0 Å². The van der Waals surface area contributed by atoms with E-state index in [2.05, 4.69) is 20.1 Å². The third kappa shape index (κ3) is 2.54. The maximum absolute atomic E-state index is 12.9. The fraction of sp³-hybridized carbons (Fsp3) is 0.312. The van der Waals surface area contributed by atoms with Gasteiger partial charge in [-0.15, -0.1) is 0 Å². The monoisotopic (exact) mass is 308 g/mol. The summed E-state index contributed by atoms with van der Waals surface area (Å²) in [6.45, 7) is 1.42. The molecule has 1 aliphatic heterocycles. The molecule has 0 unspecified atom stereocenters. The van der Waals surface area contributed by atoms with Crippen molar-refractivity contribution in [2.45, 2.75) is 18.8 Å². The SMILES string of the molecule is O=C(c1cnn2cccnc12)N1CCC[C@H](c2ccncn2)C1. The van der Waals surface area contributed by atoms with E-state index in [1.54, 1.807) is 41.7 Å². The fourth-order valence-corrected chi connectivity index (χ4v) is 3.09. The molecule has 0 saturated carbocycles. The second-order valence-electron chi connectivity index (χ2n) is 5.67. The number of nitrogens with zero attached hydrogens (tertiary/aromatic N) is 6. The van der Waals surface area contributed by atoms with Crippen molar-refractivity contribution in [1.29, 1.82) is 0 Å². The topological polar surface area (TPSA) is 76.3 Å². The molecule has 4 heterocycles. The number of hydrogen-bond donors (Lipinski definition) is 0. The molecule has 7 heteroatoms. The Balaban J connectivity index is 1.59. The average Bonchev–Trinajstić information content (AvgIpc) is 3.06. The fourth-order valence-electron chi connectivity index (χ4n) is 3.09. The van der Waals surface area contributed by atoms with Crippen molar-refractivity contribution in [3.63, 3.8) is 0 Å². The zero-order valence-corrected chi connectivity index (χ0v) is 12.5. The van der Waals surface area contributed by atoms with Gasteiger partial charge in [-0.3, -0.25) is 4.79 Å². The van der Waals surface area contributed by atoms with E-state index < -0.39 is 0 Å². The molecule has 4 rings (SSSR count). The van der Waals surface area contributed by atoms with E-state index in [0.29, 0.717) is 17.8 Å². The van der Waals surface area contributed by atoms with Crippen LogP contribution in [0.15, 0.2) is 43.2 Å². The van der Waals surface area contributed by atoms with E-state index >= 15 is 0 Å². The van der Waals surface area contributed by atoms with Gasteiger partial charge in [-0.2, -0.15) is 5.10 Å². The molecule has 1 amide bonds. The number of hydrogen-bond acceptors (Lipinski definition) is 5. The summed E-state index contributed by atoms with van der Waals surface area (Å²) in [5.74, 6) is 0.239. The van der Waals surface area contributed by atoms with E-state index in [-0.39, 0.29) is 11.8 Å². The number of rotatable bonds is 2. The predicted molar refractivity (Wildman–Crippen MR) is 82.9 cm³/mol. The average molecular weight is 308 g/mol. The summed E-state index contributed by atoms with van der Waals surface area (Å²) in [6, 6.07) is 3.72. The molecule has 0 N–H and O–H groups in total. The molecule has 3 aromatic heterocycles. The molecule has 0 aliphatic carbocycles. The zero-order chi connectivity index (χ0) is 15.6. The van der Waals surface area contributed by atoms with Gasteiger partial charge in [-0.25, -0.2) is 19.5 Å². The normalized spacial score (nSPS) is 18.3. The summed E-state index contributed by atoms with van der Waals surface area (Å²) in [7, 11) is 0. The highest BCUT2D eigenvalue weighted by molar-refractivity contribution is 5.99. The Labute approximate surface area is 133 Å². The van der Waals surface area contributed by atoms with Crippen molar-refractivity contribution < 1.29 is 4.79 Å². The van der Waals surface area contributed by atoms with Crippen molar-refractivity contribution in [3.8, 4) is 0 Å². The van der Waals surface area contributed by atoms with Crippen molar-refractivity contribution >= 4 is 11.6 Å². The predicted octanol–water partition coefficient (Wildman–Crippen LogP) is 1.54. The van der Waals surface area contributed by atoms with Crippen LogP contribution in [0.3, 0.4) is 0 Å². The van der Waals surface area contributed by atoms with Crippen LogP contribution in [-0.4, -0.2) is 48.5 Å². The van der Waals surface area contributed by atoms with Crippen LogP contribution in [0, 0.1) is 0 Å². The Bertz CT molecular complexity index is 831. The summed E-state index contributed by atoms with van der Waals surface area (Å²) in [5, 5.41) is 4.20. The first kappa shape index (κ1) is 13.8. The largest absolute Gasteiger partial charge is 0.338 e. The van der Waals surface area contributed by atoms with Gasteiger partial charge in [0.15, 0.2) is 5.65 Å². The number of amides is 1. The minimum atomic E-state index is -0.0162. The van der Waals surface area contributed by atoms with Gasteiger partial charge in [-0.1, -0.05) is 0 Å². The van der Waals surface area contributed by atoms with E-state index in [0.717, 1.165) is 25.1 Å². The smallest absolute Gasteiger partial charge is 0.259 e. The van der Waals surface area contributed by atoms with Gasteiger partial charge in [-0.05, 0) is 25.0 Å². The van der Waals surface area contributed by atoms with Crippen molar-refractivity contribution in [1.82, 2.24) is 29.5 Å². The molecule has 0 radical (unpaired) electrons. The second kappa shape index (κ2) is 5.75. The highest BCUT2D eigenvalue weighted by Crippen LogP contribution is 2.26. The molecule has 0 bridgehead atoms. The zero-order valence-electron chi connectivity index (χ0n) is 12.5. The third-order valence-electron chi connectivity index (χ3n) is 4.24. The number of fused-ring (bicyclic) bond motifs is 1. The summed E-state index contributed by atoms with van der Waals surface area (Å²) >= 11 is 0. The van der Waals surface area contributed by atoms with Crippen LogP contribution in [0.25, 0.3) is 5.65 Å². The molecule has 23 heavy (non-hydrogen) atoms. The van der Waals surface area contributed by atoms with Crippen molar-refractivity contribution in [2.24, 2.45) is 0 Å². The van der Waals surface area contributed by atoms with Crippen LogP contribution >= 0.6 is 0 Å². The van der Waals surface area contributed by atoms with Gasteiger partial charge in [0.25, 0.3) is 5.91 Å². The quantitative estimate of drug-likeness (QED) is 0.718. The van der Waals surface area contributed by atoms with Crippen LogP contribution in [0.5, 0.6) is 0 Å². The lowest BCUT2D eigenvalue weighted by Crippen LogP contribution is -2.39. The van der Waals surface area contributed by atoms with Crippen LogP contribution in [-0.2, 0) is 0 Å². The highest BCUT2D eigenvalue weighted by atomic mass is 16.2. The Hall–Kier alpha value is -2.83. The van der Waals surface area contributed by atoms with Crippen LogP contribution in [0.1, 0.15) is 34.8 Å². The molecule has 1 aliphatic rings. The lowest BCUT2D eigenvalue weighted by Gasteiger charge is -2.32. The molecular weight excluding hydrogens is 292 g/mol. The van der Waals surface area contributed by atoms with Crippen LogP contribution in [0.2, 0.25) is 0 Å². The summed E-state index contributed by atoms with van der Waals surface area (Å²) in [5.41, 5.74) is 2.14. The maximum atomic E-state index is 12.9. The van der Waals surface area contributed by atoms with Crippen LogP contribution < -0.4 is 0 Å². The maximum Gasteiger partial charge on any atom is 0.259 e. The molecule has 7 nitrogen and oxygen atoms in total. The Morgan fingerprint density at radius 1 is 1.26 bits per heavy atom. The summed E-state index contributed by atoms with van der Waals surface area (Å²) < 4.78 is 1.62. The van der Waals surface area contributed by atoms with Gasteiger partial charge >= 0.3 is 0 Å². The summed E-state index contributed by atoms with van der Waals surface area (Å²) in [6.07, 6.45) is 10.4. The molecule has 3 aromatic rings. The molecular formula is C16H16N6O. The molecule has 0 spiro atoms. The minimum Gasteiger partial charge on any atom is -0.338 e. The van der Waals surface area contributed by atoms with Crippen LogP contribution in [0.4, 0.5) is 0 Å². The molecule has 1 saturated heterocycles. The van der Waals surface area contributed by atoms with E-state index in [4.69, 9.17) is 0 Å². The third-order valence-corrected chi connectivity index (χ3v) is 4.24. The van der Waals surface area contributed by atoms with Gasteiger partial charge in [0.05, 0.1) is 6.20 Å². The number of aromatic nitrogens is 5. The molecule has 1 fully saturated rings. The van der Waals surface area contributed by atoms with Gasteiger partial charge in [0.1, 0.15) is 11.9 Å². The number of carbonyl (C=O) groups is 1. The van der Waals surface area contributed by atoms with Gasteiger partial charge in [0, 0.05) is 43.3 Å². The first-order chi connectivity index (χ1) is 11.3. The number of piperidine rings is 1. The Kier molecular flexibility index (Phi) is 3.45. The minimum absolute atomic E-state index is 0.0162. The standard InChI is InChI=1S/C16H16N6O/c23-16(13-9-20-22-8-2-5-18-15(13)22)21-7-1-3-12(10-21)14-4-6-17-11-19-14/h2,4-6,8-9,11-12H,1,3,7,10H2/t12-/m0/s1. The van der Waals surface area contributed by atoms with Gasteiger partial charge < -0.3 is 4.90 Å². The van der Waals surface area contributed by atoms with Crippen molar-refractivity contribution in [3.05, 3.63) is 54.5 Å². The second-order valence-corrected chi connectivity index (χ2v) is 5.67. The Morgan fingerprint density at radius 3 is 3.09 bits per heavy atom. The number of carbonyl (C=O) groups excluding carboxylic acids is 1.